The van der Waals surface area contributed by atoms with Crippen LogP contribution in [0.3, 0.4) is 0 Å². The van der Waals surface area contributed by atoms with Crippen LogP contribution >= 0.6 is 11.6 Å². The Morgan fingerprint density at radius 3 is 3.06 bits per heavy atom. The maximum Gasteiger partial charge on any atom is 0.0440 e. The van der Waals surface area contributed by atoms with Crippen LogP contribution in [0.4, 0.5) is 0 Å². The highest BCUT2D eigenvalue weighted by atomic mass is 35.5. The van der Waals surface area contributed by atoms with Crippen LogP contribution in [-0.4, -0.2) is 13.1 Å². The summed E-state index contributed by atoms with van der Waals surface area (Å²) < 4.78 is 0. The van der Waals surface area contributed by atoms with Crippen molar-refractivity contribution in [2.75, 3.05) is 13.1 Å². The molecule has 86 valence electrons. The molecule has 3 rings (SSSR count). The first kappa shape index (κ1) is 10.6. The van der Waals surface area contributed by atoms with Gasteiger partial charge < -0.3 is 5.32 Å². The topological polar surface area (TPSA) is 12.0 Å². The summed E-state index contributed by atoms with van der Waals surface area (Å²) in [5.41, 5.74) is 3.29. The first-order chi connectivity index (χ1) is 7.63. The fourth-order valence-electron chi connectivity index (χ4n) is 3.48. The van der Waals surface area contributed by atoms with Crippen molar-refractivity contribution >= 4 is 11.6 Å². The highest BCUT2D eigenvalue weighted by Crippen LogP contribution is 2.51. The van der Waals surface area contributed by atoms with Gasteiger partial charge in [0.2, 0.25) is 0 Å². The number of benzene rings is 1. The summed E-state index contributed by atoms with van der Waals surface area (Å²) in [6.07, 6.45) is 1.13. The molecule has 1 saturated heterocycles. The van der Waals surface area contributed by atoms with E-state index in [4.69, 9.17) is 11.6 Å². The van der Waals surface area contributed by atoms with Crippen LogP contribution < -0.4 is 5.32 Å². The third-order valence-electron chi connectivity index (χ3n) is 4.82. The largest absolute Gasteiger partial charge is 0.316 e. The van der Waals surface area contributed by atoms with Gasteiger partial charge in [0, 0.05) is 24.0 Å². The lowest BCUT2D eigenvalue weighted by atomic mass is 9.61. The molecule has 0 bridgehead atoms. The van der Waals surface area contributed by atoms with Crippen molar-refractivity contribution < 1.29 is 0 Å². The van der Waals surface area contributed by atoms with E-state index in [1.807, 2.05) is 6.07 Å². The van der Waals surface area contributed by atoms with Gasteiger partial charge in [0.1, 0.15) is 0 Å². The van der Waals surface area contributed by atoms with Crippen molar-refractivity contribution in [3.05, 3.63) is 34.3 Å². The molecule has 2 heteroatoms. The van der Waals surface area contributed by atoms with Gasteiger partial charge in [-0.2, -0.15) is 0 Å². The molecule has 1 fully saturated rings. The van der Waals surface area contributed by atoms with Gasteiger partial charge in [0.05, 0.1) is 0 Å². The number of nitrogens with one attached hydrogen (secondary N) is 1. The first-order valence-electron chi connectivity index (χ1n) is 6.11. The van der Waals surface area contributed by atoms with Crippen molar-refractivity contribution in [1.29, 1.82) is 0 Å². The van der Waals surface area contributed by atoms with Crippen molar-refractivity contribution in [3.8, 4) is 0 Å². The van der Waals surface area contributed by atoms with Gasteiger partial charge in [-0.3, -0.25) is 0 Å². The molecule has 0 amide bonds. The van der Waals surface area contributed by atoms with E-state index in [1.165, 1.54) is 11.1 Å². The summed E-state index contributed by atoms with van der Waals surface area (Å²) in [6.45, 7) is 7.04. The van der Waals surface area contributed by atoms with Crippen molar-refractivity contribution in [3.63, 3.8) is 0 Å². The Bertz CT molecular complexity index is 429. The van der Waals surface area contributed by atoms with Gasteiger partial charge in [0.15, 0.2) is 0 Å². The lowest BCUT2D eigenvalue weighted by molar-refractivity contribution is 0.184. The van der Waals surface area contributed by atoms with Crippen LogP contribution in [0, 0.1) is 11.3 Å². The second-order valence-corrected chi connectivity index (χ2v) is 6.01. The van der Waals surface area contributed by atoms with E-state index in [0.29, 0.717) is 17.3 Å². The number of halogens is 1. The van der Waals surface area contributed by atoms with E-state index in [1.54, 1.807) is 0 Å². The van der Waals surface area contributed by atoms with Gasteiger partial charge in [-0.05, 0) is 34.9 Å². The molecule has 1 N–H and O–H groups in total. The van der Waals surface area contributed by atoms with Crippen LogP contribution in [0.1, 0.15) is 30.9 Å². The molecular formula is C14H18ClN. The predicted molar refractivity (Wildman–Crippen MR) is 68.0 cm³/mol. The molecular weight excluding hydrogens is 218 g/mol. The second-order valence-electron chi connectivity index (χ2n) is 5.60. The zero-order valence-corrected chi connectivity index (χ0v) is 10.6. The minimum Gasteiger partial charge on any atom is -0.316 e. The fourth-order valence-corrected chi connectivity index (χ4v) is 3.74. The van der Waals surface area contributed by atoms with Gasteiger partial charge in [-0.15, -0.1) is 0 Å². The SMILES string of the molecule is C[C@@H]1Cc2c(Cl)cccc2[C@H]2CNC[C@]12C. The molecule has 1 nitrogen and oxygen atoms in total. The molecule has 1 aromatic carbocycles. The maximum atomic E-state index is 6.32. The molecule has 3 atom stereocenters. The zero-order chi connectivity index (χ0) is 11.3. The lowest BCUT2D eigenvalue weighted by Gasteiger charge is -2.42. The Hall–Kier alpha value is -0.530. The van der Waals surface area contributed by atoms with Crippen molar-refractivity contribution in [2.24, 2.45) is 11.3 Å². The van der Waals surface area contributed by atoms with Crippen LogP contribution in [0.5, 0.6) is 0 Å². The normalized spacial score (nSPS) is 36.9. The molecule has 0 saturated carbocycles. The quantitative estimate of drug-likeness (QED) is 0.728. The van der Waals surface area contributed by atoms with Gasteiger partial charge in [0.25, 0.3) is 0 Å². The molecule has 16 heavy (non-hydrogen) atoms. The fraction of sp³-hybridized carbons (Fsp3) is 0.571. The lowest BCUT2D eigenvalue weighted by Crippen LogP contribution is -2.37. The minimum atomic E-state index is 0.414. The van der Waals surface area contributed by atoms with Gasteiger partial charge >= 0.3 is 0 Å². The van der Waals surface area contributed by atoms with E-state index in [0.717, 1.165) is 24.5 Å². The van der Waals surface area contributed by atoms with E-state index in [2.05, 4.69) is 31.3 Å². The van der Waals surface area contributed by atoms with E-state index >= 15 is 0 Å². The number of fused-ring (bicyclic) bond motifs is 3. The van der Waals surface area contributed by atoms with E-state index < -0.39 is 0 Å². The number of hydrogen-bond acceptors (Lipinski definition) is 1. The third-order valence-corrected chi connectivity index (χ3v) is 5.17. The summed E-state index contributed by atoms with van der Waals surface area (Å²) in [4.78, 5) is 0. The third kappa shape index (κ3) is 1.28. The Morgan fingerprint density at radius 2 is 2.25 bits per heavy atom. The minimum absolute atomic E-state index is 0.414. The average Bonchev–Trinajstić information content (AvgIpc) is 2.64. The van der Waals surface area contributed by atoms with E-state index in [9.17, 15) is 0 Å². The molecule has 0 spiro atoms. The van der Waals surface area contributed by atoms with Crippen LogP contribution in [0.15, 0.2) is 18.2 Å². The smallest absolute Gasteiger partial charge is 0.0440 e. The first-order valence-corrected chi connectivity index (χ1v) is 6.49. The summed E-state index contributed by atoms with van der Waals surface area (Å²) in [5.74, 6) is 1.35. The molecule has 0 unspecified atom stereocenters. The standard InChI is InChI=1S/C14H18ClN/c1-9-6-11-10(4-3-5-13(11)15)12-7-16-8-14(9,12)2/h3-5,9,12,16H,6-8H2,1-2H3/t9-,12-,14-/m1/s1. The van der Waals surface area contributed by atoms with Gasteiger partial charge in [-0.1, -0.05) is 37.6 Å². The molecule has 0 aromatic heterocycles. The summed E-state index contributed by atoms with van der Waals surface area (Å²) in [5, 5.41) is 4.51. The van der Waals surface area contributed by atoms with E-state index in [-0.39, 0.29) is 0 Å². The Balaban J connectivity index is 2.16. The molecule has 1 heterocycles. The molecule has 1 aliphatic carbocycles. The van der Waals surface area contributed by atoms with Crippen molar-refractivity contribution in [2.45, 2.75) is 26.2 Å². The van der Waals surface area contributed by atoms with Crippen LogP contribution in [0.25, 0.3) is 0 Å². The molecule has 1 aromatic rings. The number of hydrogen-bond donors (Lipinski definition) is 1. The monoisotopic (exact) mass is 235 g/mol. The Morgan fingerprint density at radius 1 is 1.44 bits per heavy atom. The van der Waals surface area contributed by atoms with Crippen molar-refractivity contribution in [1.82, 2.24) is 5.32 Å². The second kappa shape index (κ2) is 3.48. The molecule has 2 aliphatic rings. The highest BCUT2D eigenvalue weighted by molar-refractivity contribution is 6.31. The number of rotatable bonds is 0. The van der Waals surface area contributed by atoms with Crippen LogP contribution in [0.2, 0.25) is 5.02 Å². The Labute approximate surface area is 102 Å². The summed E-state index contributed by atoms with van der Waals surface area (Å²) in [6, 6.07) is 6.39. The molecule has 1 aliphatic heterocycles. The summed E-state index contributed by atoms with van der Waals surface area (Å²) >= 11 is 6.32. The van der Waals surface area contributed by atoms with Crippen LogP contribution in [-0.2, 0) is 6.42 Å². The predicted octanol–water partition coefficient (Wildman–Crippen LogP) is 3.23. The Kier molecular flexibility index (Phi) is 2.31. The van der Waals surface area contributed by atoms with Gasteiger partial charge in [-0.25, -0.2) is 0 Å². The summed E-state index contributed by atoms with van der Waals surface area (Å²) in [7, 11) is 0. The highest BCUT2D eigenvalue weighted by Gasteiger charge is 2.47. The zero-order valence-electron chi connectivity index (χ0n) is 9.89. The molecule has 0 radical (unpaired) electrons. The maximum absolute atomic E-state index is 6.32. The average molecular weight is 236 g/mol.